The van der Waals surface area contributed by atoms with Crippen molar-refractivity contribution in [1.82, 2.24) is 9.97 Å². The van der Waals surface area contributed by atoms with Gasteiger partial charge in [-0.2, -0.15) is 0 Å². The topological polar surface area (TPSA) is 81.2 Å². The number of hydrogen-bond donors (Lipinski definition) is 1. The molecule has 23 heavy (non-hydrogen) atoms. The molecule has 8 heteroatoms. The number of nitrogens with zero attached hydrogens (tertiary/aromatic N) is 2. The molecule has 1 aromatic heterocycles. The molecule has 0 saturated carbocycles. The van der Waals surface area contributed by atoms with Gasteiger partial charge in [-0.05, 0) is 30.9 Å². The van der Waals surface area contributed by atoms with Crippen LogP contribution in [0, 0.1) is 6.92 Å². The highest BCUT2D eigenvalue weighted by Gasteiger charge is 2.16. The first kappa shape index (κ1) is 17.2. The first-order valence-corrected chi connectivity index (χ1v) is 8.13. The summed E-state index contributed by atoms with van der Waals surface area (Å²) in [5.41, 5.74) is 1.69. The Bertz CT molecular complexity index is 768. The second-order valence-corrected chi connectivity index (χ2v) is 5.71. The summed E-state index contributed by atoms with van der Waals surface area (Å²) in [7, 11) is 1.30. The van der Waals surface area contributed by atoms with Gasteiger partial charge in [0.1, 0.15) is 0 Å². The lowest BCUT2D eigenvalue weighted by Crippen LogP contribution is -2.16. The number of carbonyl (C=O) groups excluding carboxylic acids is 2. The molecule has 0 radical (unpaired) electrons. The minimum Gasteiger partial charge on any atom is -0.465 e. The Labute approximate surface area is 142 Å². The largest absolute Gasteiger partial charge is 0.465 e. The van der Waals surface area contributed by atoms with E-state index in [1.807, 2.05) is 6.92 Å². The van der Waals surface area contributed by atoms with E-state index in [4.69, 9.17) is 11.6 Å². The van der Waals surface area contributed by atoms with E-state index in [1.165, 1.54) is 25.1 Å². The molecule has 120 valence electrons. The Balaban J connectivity index is 2.32. The van der Waals surface area contributed by atoms with Crippen molar-refractivity contribution in [2.45, 2.75) is 12.1 Å². The number of hydrogen-bond acceptors (Lipinski definition) is 6. The first-order chi connectivity index (χ1) is 11.0. The number of methoxy groups -OCH3 is 1. The minimum atomic E-state index is -0.481. The first-order valence-electron chi connectivity index (χ1n) is 6.53. The second-order valence-electron chi connectivity index (χ2n) is 4.53. The number of nitrogens with one attached hydrogen (secondary N) is 1. The molecule has 0 aliphatic heterocycles. The fourth-order valence-electron chi connectivity index (χ4n) is 1.79. The molecular weight excluding hydrogens is 338 g/mol. The van der Waals surface area contributed by atoms with Gasteiger partial charge in [0.2, 0.25) is 0 Å². The monoisotopic (exact) mass is 351 g/mol. The molecule has 1 heterocycles. The van der Waals surface area contributed by atoms with Crippen LogP contribution in [-0.4, -0.2) is 35.2 Å². The van der Waals surface area contributed by atoms with Gasteiger partial charge >= 0.3 is 5.97 Å². The van der Waals surface area contributed by atoms with Crippen LogP contribution in [0.15, 0.2) is 29.6 Å². The summed E-state index contributed by atoms with van der Waals surface area (Å²) in [4.78, 5) is 32.1. The predicted molar refractivity (Wildman–Crippen MR) is 89.3 cm³/mol. The second kappa shape index (κ2) is 7.43. The summed E-state index contributed by atoms with van der Waals surface area (Å²) in [6, 6.07) is 4.89. The molecule has 0 aliphatic rings. The molecule has 0 fully saturated rings. The molecule has 1 amide bonds. The summed E-state index contributed by atoms with van der Waals surface area (Å²) in [5.74, 6) is -0.956. The summed E-state index contributed by atoms with van der Waals surface area (Å²) in [6.07, 6.45) is 3.18. The third kappa shape index (κ3) is 4.00. The van der Waals surface area contributed by atoms with E-state index in [0.717, 1.165) is 5.56 Å². The van der Waals surface area contributed by atoms with Crippen LogP contribution >= 0.6 is 23.4 Å². The number of carbonyl (C=O) groups is 2. The lowest BCUT2D eigenvalue weighted by molar-refractivity contribution is 0.0600. The average molecular weight is 352 g/mol. The third-order valence-corrected chi connectivity index (χ3v) is 3.86. The SMILES string of the molecule is COC(=O)c1ccc(C)c(NC(=O)c2nc(SC)ncc2Cl)c1. The van der Waals surface area contributed by atoms with Crippen molar-refractivity contribution in [1.29, 1.82) is 0 Å². The van der Waals surface area contributed by atoms with Gasteiger partial charge in [-0.25, -0.2) is 14.8 Å². The number of rotatable bonds is 4. The van der Waals surface area contributed by atoms with E-state index in [-0.39, 0.29) is 10.7 Å². The standard InChI is InChI=1S/C15H14ClN3O3S/c1-8-4-5-9(14(21)22-2)6-11(8)18-13(20)12-10(16)7-17-15(19-12)23-3/h4-7H,1-3H3,(H,18,20). The fourth-order valence-corrected chi connectivity index (χ4v) is 2.31. The Morgan fingerprint density at radius 3 is 2.74 bits per heavy atom. The van der Waals surface area contributed by atoms with Crippen LogP contribution in [-0.2, 0) is 4.74 Å². The fraction of sp³-hybridized carbons (Fsp3) is 0.200. The lowest BCUT2D eigenvalue weighted by atomic mass is 10.1. The van der Waals surface area contributed by atoms with Crippen LogP contribution < -0.4 is 5.32 Å². The maximum atomic E-state index is 12.4. The van der Waals surface area contributed by atoms with Crippen molar-refractivity contribution in [3.8, 4) is 0 Å². The zero-order valence-corrected chi connectivity index (χ0v) is 14.3. The number of anilines is 1. The third-order valence-electron chi connectivity index (χ3n) is 3.03. The van der Waals surface area contributed by atoms with Crippen LogP contribution in [0.25, 0.3) is 0 Å². The summed E-state index contributed by atoms with van der Waals surface area (Å²) in [6.45, 7) is 1.81. The van der Waals surface area contributed by atoms with Crippen LogP contribution in [0.1, 0.15) is 26.4 Å². The normalized spacial score (nSPS) is 10.3. The lowest BCUT2D eigenvalue weighted by Gasteiger charge is -2.10. The highest BCUT2D eigenvalue weighted by atomic mass is 35.5. The van der Waals surface area contributed by atoms with E-state index >= 15 is 0 Å². The Hall–Kier alpha value is -2.12. The highest BCUT2D eigenvalue weighted by Crippen LogP contribution is 2.21. The van der Waals surface area contributed by atoms with Crippen molar-refractivity contribution >= 4 is 40.9 Å². The zero-order chi connectivity index (χ0) is 17.0. The van der Waals surface area contributed by atoms with Crippen molar-refractivity contribution in [3.63, 3.8) is 0 Å². The molecular formula is C15H14ClN3O3S. The molecule has 0 aliphatic carbocycles. The number of halogens is 1. The molecule has 0 bridgehead atoms. The van der Waals surface area contributed by atoms with Gasteiger partial charge < -0.3 is 10.1 Å². The average Bonchev–Trinajstić information content (AvgIpc) is 2.56. The van der Waals surface area contributed by atoms with Crippen molar-refractivity contribution in [3.05, 3.63) is 46.2 Å². The van der Waals surface area contributed by atoms with Gasteiger partial charge in [0, 0.05) is 5.69 Å². The molecule has 0 unspecified atom stereocenters. The van der Waals surface area contributed by atoms with Gasteiger partial charge in [0.15, 0.2) is 10.9 Å². The quantitative estimate of drug-likeness (QED) is 0.517. The van der Waals surface area contributed by atoms with Gasteiger partial charge in [-0.15, -0.1) is 0 Å². The van der Waals surface area contributed by atoms with Crippen molar-refractivity contribution in [2.24, 2.45) is 0 Å². The maximum absolute atomic E-state index is 12.4. The number of amides is 1. The van der Waals surface area contributed by atoms with Crippen LogP contribution in [0.2, 0.25) is 5.02 Å². The van der Waals surface area contributed by atoms with E-state index in [2.05, 4.69) is 20.0 Å². The highest BCUT2D eigenvalue weighted by molar-refractivity contribution is 7.98. The van der Waals surface area contributed by atoms with E-state index in [0.29, 0.717) is 16.4 Å². The maximum Gasteiger partial charge on any atom is 0.337 e. The van der Waals surface area contributed by atoms with Gasteiger partial charge in [-0.3, -0.25) is 4.79 Å². The predicted octanol–water partition coefficient (Wildman–Crippen LogP) is 3.20. The van der Waals surface area contributed by atoms with Crippen LogP contribution in [0.3, 0.4) is 0 Å². The molecule has 6 nitrogen and oxygen atoms in total. The van der Waals surface area contributed by atoms with E-state index in [1.54, 1.807) is 24.5 Å². The molecule has 0 spiro atoms. The molecule has 1 aromatic carbocycles. The molecule has 2 aromatic rings. The molecule has 0 atom stereocenters. The zero-order valence-electron chi connectivity index (χ0n) is 12.7. The van der Waals surface area contributed by atoms with Gasteiger partial charge in [-0.1, -0.05) is 29.4 Å². The number of aryl methyl sites for hydroxylation is 1. The van der Waals surface area contributed by atoms with Crippen molar-refractivity contribution in [2.75, 3.05) is 18.7 Å². The Morgan fingerprint density at radius 2 is 2.09 bits per heavy atom. The number of benzene rings is 1. The minimum absolute atomic E-state index is 0.0777. The van der Waals surface area contributed by atoms with Crippen LogP contribution in [0.5, 0.6) is 0 Å². The number of aromatic nitrogens is 2. The number of esters is 1. The van der Waals surface area contributed by atoms with Gasteiger partial charge in [0.05, 0.1) is 23.9 Å². The van der Waals surface area contributed by atoms with Crippen molar-refractivity contribution < 1.29 is 14.3 Å². The van der Waals surface area contributed by atoms with E-state index in [9.17, 15) is 9.59 Å². The Morgan fingerprint density at radius 1 is 1.35 bits per heavy atom. The summed E-state index contributed by atoms with van der Waals surface area (Å²) < 4.78 is 4.67. The number of ether oxygens (including phenoxy) is 1. The number of thioether (sulfide) groups is 1. The molecule has 0 saturated heterocycles. The van der Waals surface area contributed by atoms with Gasteiger partial charge in [0.25, 0.3) is 5.91 Å². The molecule has 1 N–H and O–H groups in total. The smallest absolute Gasteiger partial charge is 0.337 e. The molecule has 2 rings (SSSR count). The summed E-state index contributed by atoms with van der Waals surface area (Å²) >= 11 is 7.29. The van der Waals surface area contributed by atoms with E-state index < -0.39 is 11.9 Å². The Kier molecular flexibility index (Phi) is 5.57. The summed E-state index contributed by atoms with van der Waals surface area (Å²) in [5, 5.41) is 3.31. The van der Waals surface area contributed by atoms with Crippen LogP contribution in [0.4, 0.5) is 5.69 Å².